The Morgan fingerprint density at radius 2 is 2.15 bits per heavy atom. The topological polar surface area (TPSA) is 78.5 Å². The van der Waals surface area contributed by atoms with Gasteiger partial charge in [0, 0.05) is 31.1 Å². The van der Waals surface area contributed by atoms with Crippen LogP contribution in [0.15, 0.2) is 6.07 Å². The van der Waals surface area contributed by atoms with Crippen LogP contribution in [0.1, 0.15) is 32.0 Å². The summed E-state index contributed by atoms with van der Waals surface area (Å²) in [4.78, 5) is 13.2. The first-order valence-corrected chi connectivity index (χ1v) is 7.10. The molecular formula is C14H25N5O. The van der Waals surface area contributed by atoms with Crippen molar-refractivity contribution in [3.8, 4) is 0 Å². The molecule has 0 aromatic carbocycles. The molecule has 1 aromatic rings. The first-order chi connectivity index (χ1) is 9.36. The normalized spacial score (nSPS) is 23.1. The number of anilines is 2. The highest BCUT2D eigenvalue weighted by atomic mass is 16.3. The Morgan fingerprint density at radius 3 is 2.75 bits per heavy atom. The zero-order chi connectivity index (χ0) is 14.9. The van der Waals surface area contributed by atoms with Crippen LogP contribution in [0, 0.1) is 0 Å². The van der Waals surface area contributed by atoms with Crippen molar-refractivity contribution in [1.29, 1.82) is 0 Å². The summed E-state index contributed by atoms with van der Waals surface area (Å²) in [6.45, 7) is 5.59. The van der Waals surface area contributed by atoms with Gasteiger partial charge >= 0.3 is 0 Å². The van der Waals surface area contributed by atoms with E-state index in [4.69, 9.17) is 5.73 Å². The molecule has 6 nitrogen and oxygen atoms in total. The fraction of sp³-hybridized carbons (Fsp3) is 0.714. The molecule has 1 aliphatic rings. The van der Waals surface area contributed by atoms with E-state index < -0.39 is 0 Å². The van der Waals surface area contributed by atoms with Crippen molar-refractivity contribution in [2.45, 2.75) is 38.3 Å². The van der Waals surface area contributed by atoms with E-state index in [-0.39, 0.29) is 18.1 Å². The molecule has 20 heavy (non-hydrogen) atoms. The average Bonchev–Trinajstić information content (AvgIpc) is 2.68. The van der Waals surface area contributed by atoms with Crippen LogP contribution in [-0.4, -0.2) is 59.3 Å². The summed E-state index contributed by atoms with van der Waals surface area (Å²) in [5.74, 6) is 2.30. The van der Waals surface area contributed by atoms with Crippen molar-refractivity contribution in [1.82, 2.24) is 14.9 Å². The smallest absolute Gasteiger partial charge is 0.135 e. The number of hydrogen-bond donors (Lipinski definition) is 2. The average molecular weight is 279 g/mol. The number of β-amino-alcohol motifs (C(OH)–C–C–N with tert-alkyl or cyclic N) is 1. The number of aromatic nitrogens is 2. The van der Waals surface area contributed by atoms with Gasteiger partial charge in [-0.1, -0.05) is 13.8 Å². The minimum atomic E-state index is -0.307. The summed E-state index contributed by atoms with van der Waals surface area (Å²) in [5.41, 5.74) is 5.90. The molecular weight excluding hydrogens is 254 g/mol. The molecule has 0 radical (unpaired) electrons. The van der Waals surface area contributed by atoms with Gasteiger partial charge in [-0.25, -0.2) is 9.97 Å². The van der Waals surface area contributed by atoms with Crippen molar-refractivity contribution in [3.05, 3.63) is 11.9 Å². The van der Waals surface area contributed by atoms with Gasteiger partial charge in [0.1, 0.15) is 17.5 Å². The third-order valence-corrected chi connectivity index (χ3v) is 3.53. The Balaban J connectivity index is 2.28. The molecule has 1 aromatic heterocycles. The van der Waals surface area contributed by atoms with Crippen molar-refractivity contribution in [3.63, 3.8) is 0 Å². The fourth-order valence-electron chi connectivity index (χ4n) is 2.64. The first kappa shape index (κ1) is 15.0. The van der Waals surface area contributed by atoms with E-state index in [0.717, 1.165) is 24.6 Å². The number of rotatable bonds is 4. The summed E-state index contributed by atoms with van der Waals surface area (Å²) < 4.78 is 0. The number of nitrogen functional groups attached to an aromatic ring is 1. The molecule has 1 saturated heterocycles. The molecule has 112 valence electrons. The van der Waals surface area contributed by atoms with Crippen LogP contribution >= 0.6 is 0 Å². The third-order valence-electron chi connectivity index (χ3n) is 3.53. The third kappa shape index (κ3) is 3.37. The molecule has 2 atom stereocenters. The maximum atomic E-state index is 9.96. The zero-order valence-electron chi connectivity index (χ0n) is 12.7. The first-order valence-electron chi connectivity index (χ1n) is 7.10. The number of nitrogens with two attached hydrogens (primary N) is 1. The van der Waals surface area contributed by atoms with E-state index in [0.29, 0.717) is 12.4 Å². The van der Waals surface area contributed by atoms with Crippen molar-refractivity contribution < 1.29 is 5.11 Å². The summed E-state index contributed by atoms with van der Waals surface area (Å²) in [7, 11) is 4.08. The molecule has 1 aliphatic heterocycles. The second-order valence-electron chi connectivity index (χ2n) is 6.12. The Bertz CT molecular complexity index is 463. The van der Waals surface area contributed by atoms with Crippen LogP contribution in [0.4, 0.5) is 11.6 Å². The van der Waals surface area contributed by atoms with Crippen LogP contribution in [0.5, 0.6) is 0 Å². The SMILES string of the molecule is CC(C)c1nc(N)cc(N2CC(O)CC2CN(C)C)n1. The second-order valence-corrected chi connectivity index (χ2v) is 6.12. The second kappa shape index (κ2) is 5.93. The summed E-state index contributed by atoms with van der Waals surface area (Å²) >= 11 is 0. The highest BCUT2D eigenvalue weighted by molar-refractivity contribution is 5.49. The number of likely N-dealkylation sites (N-methyl/N-ethyl adjacent to an activating group) is 1. The van der Waals surface area contributed by atoms with Gasteiger partial charge in [-0.2, -0.15) is 0 Å². The molecule has 0 bridgehead atoms. The largest absolute Gasteiger partial charge is 0.391 e. The molecule has 6 heteroatoms. The van der Waals surface area contributed by atoms with Gasteiger partial charge < -0.3 is 20.6 Å². The quantitative estimate of drug-likeness (QED) is 0.844. The van der Waals surface area contributed by atoms with E-state index in [1.54, 1.807) is 6.07 Å². The van der Waals surface area contributed by atoms with E-state index >= 15 is 0 Å². The summed E-state index contributed by atoms with van der Waals surface area (Å²) in [5, 5.41) is 9.96. The number of aliphatic hydroxyl groups is 1. The lowest BCUT2D eigenvalue weighted by Crippen LogP contribution is -2.38. The highest BCUT2D eigenvalue weighted by Crippen LogP contribution is 2.26. The van der Waals surface area contributed by atoms with Crippen LogP contribution in [-0.2, 0) is 0 Å². The van der Waals surface area contributed by atoms with Crippen LogP contribution in [0.2, 0.25) is 0 Å². The van der Waals surface area contributed by atoms with Gasteiger partial charge in [0.2, 0.25) is 0 Å². The monoisotopic (exact) mass is 279 g/mol. The molecule has 0 saturated carbocycles. The van der Waals surface area contributed by atoms with Gasteiger partial charge in [0.15, 0.2) is 0 Å². The molecule has 0 amide bonds. The van der Waals surface area contributed by atoms with Crippen molar-refractivity contribution in [2.24, 2.45) is 0 Å². The van der Waals surface area contributed by atoms with Gasteiger partial charge in [-0.15, -0.1) is 0 Å². The van der Waals surface area contributed by atoms with Gasteiger partial charge in [0.05, 0.1) is 6.10 Å². The van der Waals surface area contributed by atoms with E-state index in [1.807, 2.05) is 14.1 Å². The van der Waals surface area contributed by atoms with Gasteiger partial charge in [-0.3, -0.25) is 0 Å². The number of hydrogen-bond acceptors (Lipinski definition) is 6. The summed E-state index contributed by atoms with van der Waals surface area (Å²) in [6, 6.07) is 2.06. The lowest BCUT2D eigenvalue weighted by atomic mass is 10.2. The number of aliphatic hydroxyl groups excluding tert-OH is 1. The lowest BCUT2D eigenvalue weighted by molar-refractivity contribution is 0.191. The molecule has 2 rings (SSSR count). The fourth-order valence-corrected chi connectivity index (χ4v) is 2.64. The maximum Gasteiger partial charge on any atom is 0.135 e. The molecule has 0 aliphatic carbocycles. The van der Waals surface area contributed by atoms with E-state index in [1.165, 1.54) is 0 Å². The molecule has 0 spiro atoms. The van der Waals surface area contributed by atoms with Crippen molar-refractivity contribution in [2.75, 3.05) is 37.8 Å². The zero-order valence-corrected chi connectivity index (χ0v) is 12.7. The molecule has 3 N–H and O–H groups in total. The minimum Gasteiger partial charge on any atom is -0.391 e. The predicted octanol–water partition coefficient (Wildman–Crippen LogP) is 0.683. The Hall–Kier alpha value is -1.40. The van der Waals surface area contributed by atoms with Crippen LogP contribution in [0.25, 0.3) is 0 Å². The summed E-state index contributed by atoms with van der Waals surface area (Å²) in [6.07, 6.45) is 0.456. The van der Waals surface area contributed by atoms with Crippen LogP contribution in [0.3, 0.4) is 0 Å². The molecule has 1 fully saturated rings. The standard InChI is InChI=1S/C14H25N5O/c1-9(2)14-16-12(15)6-13(17-14)19-8-11(20)5-10(19)7-18(3)4/h6,9-11,20H,5,7-8H2,1-4H3,(H2,15,16,17). The highest BCUT2D eigenvalue weighted by Gasteiger charge is 2.32. The minimum absolute atomic E-state index is 0.233. The van der Waals surface area contributed by atoms with Crippen LogP contribution < -0.4 is 10.6 Å². The maximum absolute atomic E-state index is 9.96. The molecule has 2 unspecified atom stereocenters. The predicted molar refractivity (Wildman–Crippen MR) is 80.8 cm³/mol. The molecule has 2 heterocycles. The Morgan fingerprint density at radius 1 is 1.45 bits per heavy atom. The Kier molecular flexibility index (Phi) is 4.45. The lowest BCUT2D eigenvalue weighted by Gasteiger charge is -2.28. The Labute approximate surface area is 120 Å². The van der Waals surface area contributed by atoms with E-state index in [2.05, 4.69) is 33.6 Å². The van der Waals surface area contributed by atoms with Gasteiger partial charge in [0.25, 0.3) is 0 Å². The number of nitrogens with zero attached hydrogens (tertiary/aromatic N) is 4. The van der Waals surface area contributed by atoms with Crippen molar-refractivity contribution >= 4 is 11.6 Å². The van der Waals surface area contributed by atoms with Gasteiger partial charge in [-0.05, 0) is 20.5 Å². The van der Waals surface area contributed by atoms with E-state index in [9.17, 15) is 5.11 Å².